The van der Waals surface area contributed by atoms with Crippen molar-refractivity contribution in [3.8, 4) is 5.75 Å². The van der Waals surface area contributed by atoms with E-state index >= 15 is 0 Å². The maximum atomic E-state index is 13.9. The van der Waals surface area contributed by atoms with Crippen LogP contribution >= 0.6 is 0 Å². The number of ether oxygens (including phenoxy) is 1. The van der Waals surface area contributed by atoms with Gasteiger partial charge in [-0.3, -0.25) is 9.69 Å². The van der Waals surface area contributed by atoms with Crippen LogP contribution in [0.15, 0.2) is 48.5 Å². The van der Waals surface area contributed by atoms with Gasteiger partial charge in [0.1, 0.15) is 23.2 Å². The lowest BCUT2D eigenvalue weighted by Gasteiger charge is -2.33. The summed E-state index contributed by atoms with van der Waals surface area (Å²) >= 11 is 0. The van der Waals surface area contributed by atoms with Crippen molar-refractivity contribution < 1.29 is 19.0 Å². The first kappa shape index (κ1) is 27.8. The van der Waals surface area contributed by atoms with Crippen molar-refractivity contribution in [2.24, 2.45) is 12.5 Å². The normalized spacial score (nSPS) is 16.8. The van der Waals surface area contributed by atoms with E-state index in [2.05, 4.69) is 41.2 Å². The number of carbonyl (C=O) groups is 1. The maximum Gasteiger partial charge on any atom is 0.310 e. The van der Waals surface area contributed by atoms with Crippen molar-refractivity contribution in [1.82, 2.24) is 19.9 Å². The fraction of sp³-hybridized carbons (Fsp3) is 0.406. The molecule has 7 nitrogen and oxygen atoms in total. The molecule has 210 valence electrons. The lowest BCUT2D eigenvalue weighted by molar-refractivity contribution is -0.147. The average molecular weight is 545 g/mol. The number of hydrogen-bond acceptors (Lipinski definition) is 5. The van der Waals surface area contributed by atoms with Crippen LogP contribution in [0.3, 0.4) is 0 Å². The minimum absolute atomic E-state index is 0.0495. The van der Waals surface area contributed by atoms with E-state index < -0.39 is 17.3 Å². The predicted octanol–water partition coefficient (Wildman–Crippen LogP) is 6.14. The summed E-state index contributed by atoms with van der Waals surface area (Å²) in [5, 5.41) is 18.9. The number of carboxylic acids is 1. The van der Waals surface area contributed by atoms with E-state index in [1.165, 1.54) is 12.1 Å². The Morgan fingerprint density at radius 2 is 1.95 bits per heavy atom. The summed E-state index contributed by atoms with van der Waals surface area (Å²) in [5.74, 6) is -0.960. The Labute approximate surface area is 234 Å². The Morgan fingerprint density at radius 1 is 1.18 bits per heavy atom. The number of fused-ring (bicyclic) bond motifs is 2. The third-order valence-corrected chi connectivity index (χ3v) is 8.40. The zero-order valence-corrected chi connectivity index (χ0v) is 24.0. The molecule has 0 saturated carbocycles. The highest BCUT2D eigenvalue weighted by Crippen LogP contribution is 2.44. The minimum atomic E-state index is -1.08. The fourth-order valence-corrected chi connectivity index (χ4v) is 5.86. The van der Waals surface area contributed by atoms with Crippen molar-refractivity contribution in [1.29, 1.82) is 0 Å². The van der Waals surface area contributed by atoms with Gasteiger partial charge in [-0.1, -0.05) is 42.5 Å². The van der Waals surface area contributed by atoms with Crippen LogP contribution in [0, 0.1) is 25.1 Å². The van der Waals surface area contributed by atoms with Gasteiger partial charge >= 0.3 is 5.97 Å². The molecule has 4 aromatic rings. The van der Waals surface area contributed by atoms with Crippen molar-refractivity contribution >= 4 is 17.0 Å². The smallest absolute Gasteiger partial charge is 0.310 e. The molecule has 40 heavy (non-hydrogen) atoms. The highest BCUT2D eigenvalue weighted by atomic mass is 19.1. The number of carboxylic acid groups (broad SMARTS) is 1. The summed E-state index contributed by atoms with van der Waals surface area (Å²) < 4.78 is 21.8. The van der Waals surface area contributed by atoms with Gasteiger partial charge in [-0.05, 0) is 74.1 Å². The van der Waals surface area contributed by atoms with E-state index in [0.717, 1.165) is 50.8 Å². The maximum absolute atomic E-state index is 13.9. The van der Waals surface area contributed by atoms with Crippen LogP contribution < -0.4 is 4.74 Å². The standard InChI is InChI=1S/C32H37FN4O3/c1-7-25-18-37(16-22-10-11-24(33)15-28(22)40-25)17-23-14-21(9-8-19(23)2)29(32(4,5)31(38)39)26-12-13-27-30(20(26)3)34-35-36(27)6/h8-15,25,29H,7,16-18H2,1-6H3,(H,38,39). The molecule has 5 rings (SSSR count). The van der Waals surface area contributed by atoms with E-state index in [1.807, 2.05) is 32.2 Å². The quantitative estimate of drug-likeness (QED) is 0.301. The van der Waals surface area contributed by atoms with Crippen LogP contribution in [0.2, 0.25) is 0 Å². The summed E-state index contributed by atoms with van der Waals surface area (Å²) in [5.41, 5.74) is 6.64. The molecule has 0 spiro atoms. The van der Waals surface area contributed by atoms with E-state index in [9.17, 15) is 14.3 Å². The number of hydrogen-bond donors (Lipinski definition) is 1. The molecule has 1 N–H and O–H groups in total. The number of aromatic nitrogens is 3. The van der Waals surface area contributed by atoms with Gasteiger partial charge < -0.3 is 9.84 Å². The summed E-state index contributed by atoms with van der Waals surface area (Å²) in [6, 6.07) is 15.0. The first-order chi connectivity index (χ1) is 19.0. The molecule has 2 heterocycles. The molecule has 0 saturated heterocycles. The average Bonchev–Trinajstić information content (AvgIpc) is 3.19. The second-order valence-electron chi connectivity index (χ2n) is 11.6. The molecule has 0 bridgehead atoms. The van der Waals surface area contributed by atoms with Crippen LogP contribution in [-0.2, 0) is 24.9 Å². The van der Waals surface area contributed by atoms with Gasteiger partial charge in [0.2, 0.25) is 0 Å². The molecule has 0 radical (unpaired) electrons. The third-order valence-electron chi connectivity index (χ3n) is 8.40. The van der Waals surface area contributed by atoms with Crippen molar-refractivity contribution in [2.45, 2.75) is 66.2 Å². The van der Waals surface area contributed by atoms with E-state index in [1.54, 1.807) is 24.6 Å². The van der Waals surface area contributed by atoms with Gasteiger partial charge in [-0.15, -0.1) is 5.10 Å². The number of nitrogens with zero attached hydrogens (tertiary/aromatic N) is 4. The molecule has 1 aromatic heterocycles. The predicted molar refractivity (Wildman–Crippen MR) is 153 cm³/mol. The summed E-state index contributed by atoms with van der Waals surface area (Å²) in [4.78, 5) is 15.0. The van der Waals surface area contributed by atoms with E-state index in [4.69, 9.17) is 4.74 Å². The molecule has 1 aliphatic rings. The first-order valence-electron chi connectivity index (χ1n) is 13.8. The number of benzene rings is 3. The topological polar surface area (TPSA) is 80.5 Å². The fourth-order valence-electron chi connectivity index (χ4n) is 5.86. The zero-order valence-electron chi connectivity index (χ0n) is 24.0. The summed E-state index contributed by atoms with van der Waals surface area (Å²) in [7, 11) is 1.85. The van der Waals surface area contributed by atoms with Crippen molar-refractivity contribution in [3.05, 3.63) is 87.7 Å². The Morgan fingerprint density at radius 3 is 2.67 bits per heavy atom. The van der Waals surface area contributed by atoms with Gasteiger partial charge in [0.25, 0.3) is 0 Å². The van der Waals surface area contributed by atoms with Crippen LogP contribution in [0.1, 0.15) is 66.5 Å². The number of aliphatic carboxylic acids is 1. The summed E-state index contributed by atoms with van der Waals surface area (Å²) in [6.07, 6.45) is 0.761. The minimum Gasteiger partial charge on any atom is -0.489 e. The van der Waals surface area contributed by atoms with Crippen LogP contribution in [0.25, 0.3) is 11.0 Å². The molecular formula is C32H37FN4O3. The molecule has 2 atom stereocenters. The Bertz CT molecular complexity index is 1580. The third kappa shape index (κ3) is 5.08. The Balaban J connectivity index is 1.56. The second-order valence-corrected chi connectivity index (χ2v) is 11.6. The molecule has 8 heteroatoms. The van der Waals surface area contributed by atoms with E-state index in [-0.39, 0.29) is 11.9 Å². The van der Waals surface area contributed by atoms with Crippen molar-refractivity contribution in [3.63, 3.8) is 0 Å². The molecule has 1 aliphatic heterocycles. The number of aryl methyl sites for hydroxylation is 3. The van der Waals surface area contributed by atoms with Crippen LogP contribution in [0.5, 0.6) is 5.75 Å². The lowest BCUT2D eigenvalue weighted by atomic mass is 9.69. The number of halogens is 1. The molecule has 0 amide bonds. The molecule has 2 unspecified atom stereocenters. The molecule has 0 fully saturated rings. The SMILES string of the molecule is CCC1CN(Cc2cc(C(c3ccc4c(nnn4C)c3C)C(C)(C)C(=O)O)ccc2C)Cc2ccc(F)cc2O1. The van der Waals surface area contributed by atoms with Gasteiger partial charge in [0.15, 0.2) is 0 Å². The van der Waals surface area contributed by atoms with Gasteiger partial charge in [-0.25, -0.2) is 9.07 Å². The van der Waals surface area contributed by atoms with Crippen molar-refractivity contribution in [2.75, 3.05) is 6.54 Å². The summed E-state index contributed by atoms with van der Waals surface area (Å²) in [6.45, 7) is 11.7. The first-order valence-corrected chi connectivity index (χ1v) is 13.8. The highest BCUT2D eigenvalue weighted by molar-refractivity contribution is 5.81. The largest absolute Gasteiger partial charge is 0.489 e. The van der Waals surface area contributed by atoms with Crippen LogP contribution in [0.4, 0.5) is 4.39 Å². The molecular weight excluding hydrogens is 507 g/mol. The molecule has 3 aromatic carbocycles. The van der Waals surface area contributed by atoms with Gasteiger partial charge in [-0.2, -0.15) is 0 Å². The molecule has 0 aliphatic carbocycles. The highest BCUT2D eigenvalue weighted by Gasteiger charge is 2.40. The monoisotopic (exact) mass is 544 g/mol. The van der Waals surface area contributed by atoms with Gasteiger partial charge in [0.05, 0.1) is 10.9 Å². The lowest BCUT2D eigenvalue weighted by Crippen LogP contribution is -2.33. The van der Waals surface area contributed by atoms with E-state index in [0.29, 0.717) is 25.4 Å². The second kappa shape index (κ2) is 10.7. The zero-order chi connectivity index (χ0) is 28.8. The van der Waals surface area contributed by atoms with Gasteiger partial charge in [0, 0.05) is 44.2 Å². The Hall–Kier alpha value is -3.78. The Kier molecular flexibility index (Phi) is 7.40. The number of rotatable bonds is 7. The van der Waals surface area contributed by atoms with Crippen LogP contribution in [-0.4, -0.2) is 43.6 Å².